The number of nitrogens with zero attached hydrogens (tertiary/aromatic N) is 1. The summed E-state index contributed by atoms with van der Waals surface area (Å²) >= 11 is 9.83. The highest BCUT2D eigenvalue weighted by Crippen LogP contribution is 2.42. The van der Waals surface area contributed by atoms with Gasteiger partial charge in [0.2, 0.25) is 0 Å². The zero-order valence-corrected chi connectivity index (χ0v) is 19.8. The molecule has 0 fully saturated rings. The number of aromatic nitrogens is 1. The third kappa shape index (κ3) is 3.35. The average molecular weight is 557 g/mol. The third-order valence-corrected chi connectivity index (χ3v) is 6.02. The molecule has 10 heteroatoms. The molecule has 4 N–H and O–H groups in total. The molecule has 2 aromatic carbocycles. The molecule has 2 heterocycles. The first kappa shape index (κ1) is 22.5. The molecule has 0 saturated carbocycles. The van der Waals surface area contributed by atoms with Crippen molar-refractivity contribution in [2.24, 2.45) is 12.8 Å². The van der Waals surface area contributed by atoms with Crippen molar-refractivity contribution in [2.75, 3.05) is 13.1 Å². The van der Waals surface area contributed by atoms with Gasteiger partial charge in [-0.2, -0.15) is 0 Å². The first-order valence-corrected chi connectivity index (χ1v) is 9.97. The number of amides is 3. The monoisotopic (exact) mass is 554 g/mol. The van der Waals surface area contributed by atoms with Crippen LogP contribution in [-0.2, 0) is 7.05 Å². The quantitative estimate of drug-likeness (QED) is 0.429. The first-order chi connectivity index (χ1) is 13.9. The number of imide groups is 1. The lowest BCUT2D eigenvalue weighted by Crippen LogP contribution is -2.30. The van der Waals surface area contributed by atoms with Gasteiger partial charge in [0.05, 0.1) is 21.1 Å². The van der Waals surface area contributed by atoms with Gasteiger partial charge in [-0.05, 0) is 33.6 Å². The van der Waals surface area contributed by atoms with E-state index in [0.29, 0.717) is 50.3 Å². The SMILES string of the molecule is Br.Cn1c(C(=O)NCCN)c(Br)c2c3c(c(-c4ccccc4Cl)cc21)C(=O)NC3=O. The molecule has 7 nitrogen and oxygen atoms in total. The fraction of sp³-hybridized carbons (Fsp3) is 0.150. The second-order valence-electron chi connectivity index (χ2n) is 6.60. The van der Waals surface area contributed by atoms with E-state index >= 15 is 0 Å². The minimum Gasteiger partial charge on any atom is -0.349 e. The van der Waals surface area contributed by atoms with Gasteiger partial charge in [0, 0.05) is 36.1 Å². The van der Waals surface area contributed by atoms with Crippen LogP contribution in [0.25, 0.3) is 22.0 Å². The zero-order valence-electron chi connectivity index (χ0n) is 15.7. The maximum Gasteiger partial charge on any atom is 0.269 e. The Kier molecular flexibility index (Phi) is 6.37. The van der Waals surface area contributed by atoms with Crippen LogP contribution in [0.1, 0.15) is 31.2 Å². The molecule has 3 aromatic rings. The summed E-state index contributed by atoms with van der Waals surface area (Å²) in [4.78, 5) is 37.9. The van der Waals surface area contributed by atoms with Crippen molar-refractivity contribution in [3.8, 4) is 11.1 Å². The number of halogens is 3. The summed E-state index contributed by atoms with van der Waals surface area (Å²) in [6.07, 6.45) is 0. The van der Waals surface area contributed by atoms with Crippen LogP contribution >= 0.6 is 44.5 Å². The molecule has 1 aliphatic heterocycles. The van der Waals surface area contributed by atoms with Crippen molar-refractivity contribution in [2.45, 2.75) is 0 Å². The minimum absolute atomic E-state index is 0. The fourth-order valence-electron chi connectivity index (χ4n) is 3.65. The maximum atomic E-state index is 12.7. The van der Waals surface area contributed by atoms with E-state index < -0.39 is 11.8 Å². The summed E-state index contributed by atoms with van der Waals surface area (Å²) in [7, 11) is 1.72. The molecule has 0 unspecified atom stereocenters. The summed E-state index contributed by atoms with van der Waals surface area (Å²) in [5.74, 6) is -1.34. The van der Waals surface area contributed by atoms with E-state index in [4.69, 9.17) is 17.3 Å². The summed E-state index contributed by atoms with van der Waals surface area (Å²) in [6.45, 7) is 0.616. The number of aryl methyl sites for hydroxylation is 1. The summed E-state index contributed by atoms with van der Waals surface area (Å²) in [6, 6.07) is 8.87. The first-order valence-electron chi connectivity index (χ1n) is 8.80. The molecule has 3 amide bonds. The van der Waals surface area contributed by atoms with Gasteiger partial charge < -0.3 is 15.6 Å². The van der Waals surface area contributed by atoms with Crippen LogP contribution in [0.5, 0.6) is 0 Å². The van der Waals surface area contributed by atoms with E-state index in [9.17, 15) is 14.4 Å². The highest BCUT2D eigenvalue weighted by Gasteiger charge is 2.36. The number of nitrogens with one attached hydrogen (secondary N) is 2. The molecule has 0 atom stereocenters. The smallest absolute Gasteiger partial charge is 0.269 e. The van der Waals surface area contributed by atoms with Crippen LogP contribution in [0.4, 0.5) is 0 Å². The molecule has 0 aliphatic carbocycles. The normalized spacial score (nSPS) is 12.5. The molecule has 1 aromatic heterocycles. The number of hydrogen-bond acceptors (Lipinski definition) is 4. The third-order valence-electron chi connectivity index (χ3n) is 4.92. The Morgan fingerprint density at radius 2 is 1.87 bits per heavy atom. The Hall–Kier alpha value is -2.20. The highest BCUT2D eigenvalue weighted by atomic mass is 79.9. The molecular formula is C20H17Br2ClN4O3. The fourth-order valence-corrected chi connectivity index (χ4v) is 4.73. The lowest BCUT2D eigenvalue weighted by atomic mass is 9.94. The zero-order chi connectivity index (χ0) is 20.9. The topological polar surface area (TPSA) is 106 Å². The summed E-state index contributed by atoms with van der Waals surface area (Å²) in [5.41, 5.74) is 8.06. The second-order valence-corrected chi connectivity index (χ2v) is 7.80. The molecule has 0 saturated heterocycles. The van der Waals surface area contributed by atoms with Crippen LogP contribution < -0.4 is 16.4 Å². The number of carbonyl (C=O) groups is 3. The molecule has 4 rings (SSSR count). The highest BCUT2D eigenvalue weighted by molar-refractivity contribution is 9.10. The lowest BCUT2D eigenvalue weighted by molar-refractivity contribution is 0.0878. The van der Waals surface area contributed by atoms with Crippen LogP contribution in [0.15, 0.2) is 34.8 Å². The Bertz CT molecular complexity index is 1220. The number of benzene rings is 2. The number of nitrogens with two attached hydrogens (primary N) is 1. The van der Waals surface area contributed by atoms with Gasteiger partial charge in [0.25, 0.3) is 17.7 Å². The molecular weight excluding hydrogens is 540 g/mol. The van der Waals surface area contributed by atoms with Gasteiger partial charge >= 0.3 is 0 Å². The van der Waals surface area contributed by atoms with E-state index in [2.05, 4.69) is 26.6 Å². The van der Waals surface area contributed by atoms with Crippen LogP contribution in [0, 0.1) is 0 Å². The Balaban J connectivity index is 0.00000256. The standard InChI is InChI=1S/C20H16BrClN4O3.BrH/c1-26-12-8-10(9-4-2-3-5-11(9)22)13-15(19(28)25-18(13)27)14(12)16(21)17(26)20(29)24-7-6-23;/h2-5,8H,6-7,23H2,1H3,(H,24,29)(H,25,27,28);1H. The van der Waals surface area contributed by atoms with Gasteiger partial charge in [0.1, 0.15) is 5.69 Å². The molecule has 0 bridgehead atoms. The van der Waals surface area contributed by atoms with Crippen molar-refractivity contribution in [1.82, 2.24) is 15.2 Å². The Morgan fingerprint density at radius 1 is 1.20 bits per heavy atom. The van der Waals surface area contributed by atoms with Crippen LogP contribution in [-0.4, -0.2) is 35.4 Å². The Labute approximate surface area is 195 Å². The van der Waals surface area contributed by atoms with Crippen LogP contribution in [0.2, 0.25) is 5.02 Å². The predicted molar refractivity (Wildman–Crippen MR) is 125 cm³/mol. The number of fused-ring (bicyclic) bond motifs is 3. The second kappa shape index (κ2) is 8.50. The predicted octanol–water partition coefficient (Wildman–Crippen LogP) is 3.41. The van der Waals surface area contributed by atoms with Crippen molar-refractivity contribution in [3.05, 3.63) is 56.6 Å². The minimum atomic E-state index is -0.510. The van der Waals surface area contributed by atoms with Gasteiger partial charge in [-0.3, -0.25) is 19.7 Å². The van der Waals surface area contributed by atoms with E-state index in [1.165, 1.54) is 0 Å². The van der Waals surface area contributed by atoms with E-state index in [1.54, 1.807) is 41.9 Å². The van der Waals surface area contributed by atoms with Gasteiger partial charge in [-0.1, -0.05) is 29.8 Å². The number of hydrogen-bond donors (Lipinski definition) is 3. The summed E-state index contributed by atoms with van der Waals surface area (Å²) < 4.78 is 2.12. The van der Waals surface area contributed by atoms with Crippen molar-refractivity contribution < 1.29 is 14.4 Å². The lowest BCUT2D eigenvalue weighted by Gasteiger charge is -2.11. The van der Waals surface area contributed by atoms with Gasteiger partial charge in [-0.15, -0.1) is 17.0 Å². The van der Waals surface area contributed by atoms with E-state index in [-0.39, 0.29) is 34.0 Å². The van der Waals surface area contributed by atoms with Crippen molar-refractivity contribution in [1.29, 1.82) is 0 Å². The molecule has 0 spiro atoms. The molecule has 1 aliphatic rings. The molecule has 156 valence electrons. The van der Waals surface area contributed by atoms with Gasteiger partial charge in [-0.25, -0.2) is 0 Å². The van der Waals surface area contributed by atoms with Crippen molar-refractivity contribution >= 4 is 73.1 Å². The van der Waals surface area contributed by atoms with Crippen LogP contribution in [0.3, 0.4) is 0 Å². The van der Waals surface area contributed by atoms with Crippen molar-refractivity contribution in [3.63, 3.8) is 0 Å². The largest absolute Gasteiger partial charge is 0.349 e. The summed E-state index contributed by atoms with van der Waals surface area (Å²) in [5, 5.41) is 6.04. The average Bonchev–Trinajstić information content (AvgIpc) is 3.13. The Morgan fingerprint density at radius 3 is 2.53 bits per heavy atom. The molecule has 30 heavy (non-hydrogen) atoms. The van der Waals surface area contributed by atoms with E-state index in [0.717, 1.165) is 0 Å². The molecule has 0 radical (unpaired) electrons. The van der Waals surface area contributed by atoms with Gasteiger partial charge in [0.15, 0.2) is 0 Å². The number of carbonyl (C=O) groups excluding carboxylic acids is 3. The maximum absolute atomic E-state index is 12.7. The number of rotatable bonds is 4. The van der Waals surface area contributed by atoms with E-state index in [1.807, 2.05) is 0 Å².